The molecule has 15 nitrogen and oxygen atoms in total. The lowest BCUT2D eigenvalue weighted by atomic mass is 9.85. The number of amides is 3. The van der Waals surface area contributed by atoms with Crippen LogP contribution in [0.1, 0.15) is 89.9 Å². The average Bonchev–Trinajstić information content (AvgIpc) is 4.02. The molecule has 5 heterocycles. The number of hydrogen-bond acceptors (Lipinski definition) is 13. The molecular formula is C56H66ClFN8O7S. The summed E-state index contributed by atoms with van der Waals surface area (Å²) in [6, 6.07) is 18.1. The van der Waals surface area contributed by atoms with E-state index in [-0.39, 0.29) is 65.5 Å². The Labute approximate surface area is 440 Å². The van der Waals surface area contributed by atoms with E-state index < -0.39 is 41.2 Å². The minimum absolute atomic E-state index is 0.000878. The monoisotopic (exact) mass is 1050 g/mol. The number of phenols is 1. The van der Waals surface area contributed by atoms with Gasteiger partial charge in [0.2, 0.25) is 17.7 Å². The first kappa shape index (κ1) is 52.9. The van der Waals surface area contributed by atoms with E-state index in [9.17, 15) is 24.6 Å². The number of carbonyl (C=O) groups is 3. The van der Waals surface area contributed by atoms with Crippen LogP contribution in [0.25, 0.3) is 43.2 Å². The number of halogens is 2. The second-order valence-corrected chi connectivity index (χ2v) is 22.2. The van der Waals surface area contributed by atoms with Crippen LogP contribution >= 0.6 is 22.9 Å². The number of aryl methyl sites for hydroxylation is 1. The van der Waals surface area contributed by atoms with Crippen LogP contribution in [0, 0.1) is 18.2 Å². The van der Waals surface area contributed by atoms with Crippen LogP contribution in [-0.2, 0) is 19.1 Å². The smallest absolute Gasteiger partial charge is 0.319 e. The average molecular weight is 1050 g/mol. The minimum Gasteiger partial charge on any atom is -0.508 e. The molecule has 3 amide bonds. The number of hydrogen-bond donors (Lipinski definition) is 4. The topological polar surface area (TPSA) is 183 Å². The van der Waals surface area contributed by atoms with Crippen LogP contribution in [0.4, 0.5) is 10.2 Å². The molecule has 392 valence electrons. The van der Waals surface area contributed by atoms with Crippen molar-refractivity contribution >= 4 is 68.2 Å². The highest BCUT2D eigenvalue weighted by Crippen LogP contribution is 2.43. The summed E-state index contributed by atoms with van der Waals surface area (Å²) in [5.41, 5.74) is 4.73. The van der Waals surface area contributed by atoms with E-state index in [1.165, 1.54) is 11.0 Å². The second-order valence-electron chi connectivity index (χ2n) is 21.0. The first-order chi connectivity index (χ1) is 35.5. The lowest BCUT2D eigenvalue weighted by Crippen LogP contribution is -2.58. The van der Waals surface area contributed by atoms with Gasteiger partial charge in [-0.05, 0) is 103 Å². The number of carbonyl (C=O) groups excluding carboxylic acids is 3. The first-order valence-electron chi connectivity index (χ1n) is 25.7. The van der Waals surface area contributed by atoms with Crippen molar-refractivity contribution in [3.63, 3.8) is 0 Å². The van der Waals surface area contributed by atoms with Crippen molar-refractivity contribution in [3.8, 4) is 33.3 Å². The van der Waals surface area contributed by atoms with E-state index in [0.717, 1.165) is 84.5 Å². The maximum Gasteiger partial charge on any atom is 0.319 e. The second kappa shape index (κ2) is 22.9. The Morgan fingerprint density at radius 2 is 1.70 bits per heavy atom. The molecule has 6 aromatic rings. The predicted octanol–water partition coefficient (Wildman–Crippen LogP) is 8.99. The summed E-state index contributed by atoms with van der Waals surface area (Å²) in [7, 11) is 0. The first-order valence-corrected chi connectivity index (χ1v) is 27.0. The largest absolute Gasteiger partial charge is 0.508 e. The molecule has 0 saturated carbocycles. The number of fused-ring (bicyclic) bond motifs is 2. The third-order valence-corrected chi connectivity index (χ3v) is 15.8. The standard InChI is InChI=1S/C56H66ClFN8O7S/c1-33(35-14-16-36(17-15-35)50-34(2)59-32-74-50)60-53(70)45-28-39(68)30-66(45)54(71)51(56(3,4)5)61-46(69)31-73-40-18-23-64(24-19-40)20-11-25-72-55-62-49-43(52(63-55)65-21-9-6-10-22-65)29-44(57)47(48(49)58)42-27-38(67)26-37-12-7-8-13-41(37)42/h7-8,12-17,26-27,29,32-33,39-40,45,51,67-68H,6,9-11,18-25,28,30-31H2,1-5H3,(H,60,70)(H,61,69)/t33-,39+,45-,51+/m0/s1. The number of aliphatic hydroxyl groups excluding tert-OH is 1. The van der Waals surface area contributed by atoms with E-state index in [0.29, 0.717) is 42.6 Å². The van der Waals surface area contributed by atoms with Crippen molar-refractivity contribution in [1.29, 1.82) is 0 Å². The molecule has 3 aliphatic heterocycles. The number of β-amino-alcohol motifs (C(OH)–C–C–N with tert-alkyl or cyclic N) is 1. The number of nitrogens with one attached hydrogen (secondary N) is 2. The SMILES string of the molecule is Cc1ncsc1-c1ccc([C@H](C)NC(=O)[C@@H]2C[C@@H](O)CN2C(=O)[C@@H](NC(=O)COC2CCN(CCCOc3nc(N4CCCCC4)c4cc(Cl)c(-c5cc(O)cc6ccccc56)c(F)c4n3)CC2)C(C)(C)C)cc1. The van der Waals surface area contributed by atoms with Gasteiger partial charge in [-0.15, -0.1) is 11.3 Å². The van der Waals surface area contributed by atoms with Gasteiger partial charge in [0.25, 0.3) is 0 Å². The number of benzene rings is 4. The molecule has 0 unspecified atom stereocenters. The summed E-state index contributed by atoms with van der Waals surface area (Å²) in [4.78, 5) is 62.2. The highest BCUT2D eigenvalue weighted by Gasteiger charge is 2.45. The van der Waals surface area contributed by atoms with Gasteiger partial charge in [-0.25, -0.2) is 9.37 Å². The highest BCUT2D eigenvalue weighted by molar-refractivity contribution is 7.13. The van der Waals surface area contributed by atoms with Crippen LogP contribution < -0.4 is 20.3 Å². The quantitative estimate of drug-likeness (QED) is 0.0677. The zero-order valence-electron chi connectivity index (χ0n) is 42.7. The summed E-state index contributed by atoms with van der Waals surface area (Å²) >= 11 is 8.47. The molecule has 3 fully saturated rings. The summed E-state index contributed by atoms with van der Waals surface area (Å²) in [6.45, 7) is 13.2. The Morgan fingerprint density at radius 1 is 0.959 bits per heavy atom. The van der Waals surface area contributed by atoms with Crippen molar-refractivity contribution in [1.82, 2.24) is 35.4 Å². The number of phenolic OH excluding ortho intramolecular Hbond substituents is 1. The van der Waals surface area contributed by atoms with Crippen molar-refractivity contribution in [2.24, 2.45) is 5.41 Å². The number of rotatable bonds is 16. The highest BCUT2D eigenvalue weighted by atomic mass is 35.5. The summed E-state index contributed by atoms with van der Waals surface area (Å²) < 4.78 is 29.2. The Hall–Kier alpha value is -5.98. The van der Waals surface area contributed by atoms with Gasteiger partial charge < -0.3 is 45.0 Å². The molecule has 0 aliphatic carbocycles. The third-order valence-electron chi connectivity index (χ3n) is 14.5. The van der Waals surface area contributed by atoms with Gasteiger partial charge in [0, 0.05) is 56.6 Å². The zero-order valence-corrected chi connectivity index (χ0v) is 44.3. The zero-order chi connectivity index (χ0) is 52.3. The minimum atomic E-state index is -0.972. The van der Waals surface area contributed by atoms with Gasteiger partial charge in [0.05, 0.1) is 46.0 Å². The molecule has 4 atom stereocenters. The summed E-state index contributed by atoms with van der Waals surface area (Å²) in [5.74, 6) is -1.26. The number of thiazole rings is 1. The van der Waals surface area contributed by atoms with Crippen molar-refractivity contribution in [3.05, 3.63) is 94.3 Å². The van der Waals surface area contributed by atoms with Crippen molar-refractivity contribution in [2.75, 3.05) is 57.4 Å². The Bertz CT molecular complexity index is 2990. The molecule has 0 spiro atoms. The summed E-state index contributed by atoms with van der Waals surface area (Å²) in [6.07, 6.45) is 4.20. The van der Waals surface area contributed by atoms with Crippen LogP contribution in [0.3, 0.4) is 0 Å². The predicted molar refractivity (Wildman–Crippen MR) is 287 cm³/mol. The van der Waals surface area contributed by atoms with Crippen molar-refractivity contribution < 1.29 is 38.5 Å². The fourth-order valence-electron chi connectivity index (χ4n) is 10.5. The molecular weight excluding hydrogens is 983 g/mol. The van der Waals surface area contributed by atoms with Gasteiger partial charge >= 0.3 is 6.01 Å². The Kier molecular flexibility index (Phi) is 16.3. The normalized spacial score (nSPS) is 18.7. The number of likely N-dealkylation sites (tertiary alicyclic amines) is 2. The fraction of sp³-hybridized carbons (Fsp3) is 0.464. The molecule has 2 aromatic heterocycles. The summed E-state index contributed by atoms with van der Waals surface area (Å²) in [5, 5.41) is 29.5. The lowest BCUT2D eigenvalue weighted by Gasteiger charge is -2.36. The van der Waals surface area contributed by atoms with E-state index in [1.807, 2.05) is 88.7 Å². The molecule has 18 heteroatoms. The van der Waals surface area contributed by atoms with E-state index >= 15 is 4.39 Å². The molecule has 3 aliphatic rings. The van der Waals surface area contributed by atoms with Gasteiger partial charge in [-0.1, -0.05) is 80.9 Å². The molecule has 0 bridgehead atoms. The van der Waals surface area contributed by atoms with Gasteiger partial charge in [0.1, 0.15) is 35.8 Å². The van der Waals surface area contributed by atoms with Crippen LogP contribution in [0.15, 0.2) is 72.2 Å². The number of anilines is 1. The molecule has 74 heavy (non-hydrogen) atoms. The fourth-order valence-corrected chi connectivity index (χ4v) is 11.6. The maximum absolute atomic E-state index is 16.9. The molecule has 3 saturated heterocycles. The van der Waals surface area contributed by atoms with Gasteiger partial charge in [0.15, 0.2) is 5.82 Å². The van der Waals surface area contributed by atoms with Gasteiger partial charge in [-0.3, -0.25) is 14.4 Å². The van der Waals surface area contributed by atoms with E-state index in [2.05, 4.69) is 30.4 Å². The number of aromatic nitrogens is 3. The molecule has 9 rings (SSSR count). The number of piperidine rings is 2. The van der Waals surface area contributed by atoms with Crippen LogP contribution in [-0.4, -0.2) is 129 Å². The molecule has 4 aromatic carbocycles. The number of aliphatic hydroxyl groups is 1. The number of aromatic hydroxyl groups is 1. The maximum atomic E-state index is 16.9. The van der Waals surface area contributed by atoms with E-state index in [4.69, 9.17) is 26.1 Å². The Balaban J connectivity index is 0.763. The van der Waals surface area contributed by atoms with E-state index in [1.54, 1.807) is 23.5 Å². The van der Waals surface area contributed by atoms with Gasteiger partial charge in [-0.2, -0.15) is 9.97 Å². The lowest BCUT2D eigenvalue weighted by molar-refractivity contribution is -0.145. The number of ether oxygens (including phenoxy) is 2. The Morgan fingerprint density at radius 3 is 2.42 bits per heavy atom. The molecule has 4 N–H and O–H groups in total. The van der Waals surface area contributed by atoms with Crippen LogP contribution in [0.2, 0.25) is 5.02 Å². The molecule has 0 radical (unpaired) electrons. The van der Waals surface area contributed by atoms with Crippen LogP contribution in [0.5, 0.6) is 11.8 Å². The number of nitrogens with zero attached hydrogens (tertiary/aromatic N) is 6. The third kappa shape index (κ3) is 11.9. The van der Waals surface area contributed by atoms with Crippen molar-refractivity contribution in [2.45, 2.75) is 110 Å².